The number of rotatable bonds is 4. The third-order valence-corrected chi connectivity index (χ3v) is 2.47. The number of nitrogens with two attached hydrogens (primary N) is 1. The average molecular weight is 257 g/mol. The fourth-order valence-corrected chi connectivity index (χ4v) is 1.49. The molecule has 0 spiro atoms. The smallest absolute Gasteiger partial charge is 0.316 e. The van der Waals surface area contributed by atoms with Crippen LogP contribution in [0.3, 0.4) is 0 Å². The SMILES string of the molecule is CN(C)C(=O)NCCNc1c(N)cccc1Cl. The Bertz CT molecular complexity index is 375. The van der Waals surface area contributed by atoms with Crippen LogP contribution in [0, 0.1) is 0 Å². The van der Waals surface area contributed by atoms with E-state index in [0.717, 1.165) is 0 Å². The van der Waals surface area contributed by atoms with E-state index in [4.69, 9.17) is 17.3 Å². The summed E-state index contributed by atoms with van der Waals surface area (Å²) in [4.78, 5) is 12.7. The number of nitrogens with zero attached hydrogens (tertiary/aromatic N) is 1. The molecule has 0 unspecified atom stereocenters. The number of hydrogen-bond donors (Lipinski definition) is 3. The van der Waals surface area contributed by atoms with Crippen molar-refractivity contribution in [2.75, 3.05) is 38.2 Å². The zero-order valence-corrected chi connectivity index (χ0v) is 10.7. The maximum absolute atomic E-state index is 11.2. The van der Waals surface area contributed by atoms with Gasteiger partial charge in [0.1, 0.15) is 0 Å². The van der Waals surface area contributed by atoms with Crippen molar-refractivity contribution in [3.8, 4) is 0 Å². The van der Waals surface area contributed by atoms with Crippen molar-refractivity contribution in [3.63, 3.8) is 0 Å². The maximum atomic E-state index is 11.2. The van der Waals surface area contributed by atoms with Crippen molar-refractivity contribution in [2.24, 2.45) is 0 Å². The standard InChI is InChI=1S/C11H17ClN4O/c1-16(2)11(17)15-7-6-14-10-8(12)4-3-5-9(10)13/h3-5,14H,6-7,13H2,1-2H3,(H,15,17). The highest BCUT2D eigenvalue weighted by molar-refractivity contribution is 6.33. The molecule has 2 amide bonds. The highest BCUT2D eigenvalue weighted by atomic mass is 35.5. The van der Waals surface area contributed by atoms with E-state index in [1.807, 2.05) is 0 Å². The fraction of sp³-hybridized carbons (Fsp3) is 0.364. The molecule has 0 fully saturated rings. The molecule has 4 N–H and O–H groups in total. The maximum Gasteiger partial charge on any atom is 0.316 e. The number of para-hydroxylation sites is 1. The zero-order valence-electron chi connectivity index (χ0n) is 9.96. The van der Waals surface area contributed by atoms with Crippen LogP contribution in [0.2, 0.25) is 5.02 Å². The van der Waals surface area contributed by atoms with Crippen LogP contribution >= 0.6 is 11.6 Å². The Balaban J connectivity index is 2.39. The summed E-state index contributed by atoms with van der Waals surface area (Å²) in [5.74, 6) is 0. The summed E-state index contributed by atoms with van der Waals surface area (Å²) in [6.07, 6.45) is 0. The fourth-order valence-electron chi connectivity index (χ4n) is 1.24. The number of nitrogens with one attached hydrogen (secondary N) is 2. The van der Waals surface area contributed by atoms with E-state index >= 15 is 0 Å². The summed E-state index contributed by atoms with van der Waals surface area (Å²) in [6, 6.07) is 5.20. The normalized spacial score (nSPS) is 9.82. The molecule has 0 bridgehead atoms. The number of carbonyl (C=O) groups excluding carboxylic acids is 1. The summed E-state index contributed by atoms with van der Waals surface area (Å²) in [5.41, 5.74) is 7.07. The van der Waals surface area contributed by atoms with Crippen molar-refractivity contribution < 1.29 is 4.79 Å². The van der Waals surface area contributed by atoms with Gasteiger partial charge < -0.3 is 21.3 Å². The summed E-state index contributed by atoms with van der Waals surface area (Å²) >= 11 is 5.98. The lowest BCUT2D eigenvalue weighted by atomic mass is 10.2. The van der Waals surface area contributed by atoms with Crippen LogP contribution in [0.25, 0.3) is 0 Å². The second-order valence-corrected chi connectivity index (χ2v) is 4.16. The molecule has 5 nitrogen and oxygen atoms in total. The lowest BCUT2D eigenvalue weighted by Crippen LogP contribution is -2.37. The highest BCUT2D eigenvalue weighted by Crippen LogP contribution is 2.27. The van der Waals surface area contributed by atoms with Crippen molar-refractivity contribution in [2.45, 2.75) is 0 Å². The Labute approximate surface area is 106 Å². The molecule has 0 aliphatic heterocycles. The molecule has 0 saturated heterocycles. The van der Waals surface area contributed by atoms with Gasteiger partial charge >= 0.3 is 6.03 Å². The van der Waals surface area contributed by atoms with E-state index in [1.54, 1.807) is 32.3 Å². The van der Waals surface area contributed by atoms with Crippen LogP contribution in [0.1, 0.15) is 0 Å². The van der Waals surface area contributed by atoms with Crippen LogP contribution in [0.4, 0.5) is 16.2 Å². The molecule has 1 aromatic carbocycles. The number of anilines is 2. The van der Waals surface area contributed by atoms with Crippen LogP contribution in [-0.4, -0.2) is 38.1 Å². The number of amides is 2. The number of urea groups is 1. The van der Waals surface area contributed by atoms with Crippen LogP contribution in [0.5, 0.6) is 0 Å². The Morgan fingerprint density at radius 3 is 2.71 bits per heavy atom. The van der Waals surface area contributed by atoms with Gasteiger partial charge in [-0.1, -0.05) is 17.7 Å². The van der Waals surface area contributed by atoms with Gasteiger partial charge in [0, 0.05) is 27.2 Å². The predicted octanol–water partition coefficient (Wildman–Crippen LogP) is 1.61. The van der Waals surface area contributed by atoms with E-state index in [-0.39, 0.29) is 6.03 Å². The van der Waals surface area contributed by atoms with Gasteiger partial charge in [0.15, 0.2) is 0 Å². The number of nitrogen functional groups attached to an aromatic ring is 1. The lowest BCUT2D eigenvalue weighted by molar-refractivity contribution is 0.218. The molecule has 0 heterocycles. The minimum Gasteiger partial charge on any atom is -0.397 e. The quantitative estimate of drug-likeness (QED) is 0.566. The molecule has 0 atom stereocenters. The minimum absolute atomic E-state index is 0.126. The van der Waals surface area contributed by atoms with Crippen LogP contribution < -0.4 is 16.4 Å². The number of benzene rings is 1. The number of carbonyl (C=O) groups is 1. The van der Waals surface area contributed by atoms with Crippen LogP contribution in [-0.2, 0) is 0 Å². The second-order valence-electron chi connectivity index (χ2n) is 3.76. The van der Waals surface area contributed by atoms with E-state index < -0.39 is 0 Å². The summed E-state index contributed by atoms with van der Waals surface area (Å²) in [5, 5.41) is 6.39. The molecule has 94 valence electrons. The number of halogens is 1. The van der Waals surface area contributed by atoms with Gasteiger partial charge in [-0.25, -0.2) is 4.79 Å². The lowest BCUT2D eigenvalue weighted by Gasteiger charge is -2.14. The first-order valence-electron chi connectivity index (χ1n) is 5.25. The first-order valence-corrected chi connectivity index (χ1v) is 5.63. The second kappa shape index (κ2) is 6.20. The molecule has 0 aliphatic carbocycles. The predicted molar refractivity (Wildman–Crippen MR) is 71.4 cm³/mol. The molecular formula is C11H17ClN4O. The van der Waals surface area contributed by atoms with Gasteiger partial charge in [-0.3, -0.25) is 0 Å². The summed E-state index contributed by atoms with van der Waals surface area (Å²) in [6.45, 7) is 1.06. The third kappa shape index (κ3) is 4.03. The monoisotopic (exact) mass is 256 g/mol. The Morgan fingerprint density at radius 1 is 1.41 bits per heavy atom. The first kappa shape index (κ1) is 13.4. The minimum atomic E-state index is -0.126. The van der Waals surface area contributed by atoms with Crippen molar-refractivity contribution in [3.05, 3.63) is 23.2 Å². The average Bonchev–Trinajstić information content (AvgIpc) is 2.27. The van der Waals surface area contributed by atoms with E-state index in [2.05, 4.69) is 10.6 Å². The van der Waals surface area contributed by atoms with E-state index in [9.17, 15) is 4.79 Å². The zero-order chi connectivity index (χ0) is 12.8. The molecule has 17 heavy (non-hydrogen) atoms. The largest absolute Gasteiger partial charge is 0.397 e. The molecule has 6 heteroatoms. The molecule has 0 saturated carbocycles. The van der Waals surface area contributed by atoms with E-state index in [0.29, 0.717) is 29.5 Å². The topological polar surface area (TPSA) is 70.4 Å². The summed E-state index contributed by atoms with van der Waals surface area (Å²) < 4.78 is 0. The Morgan fingerprint density at radius 2 is 2.12 bits per heavy atom. The Kier molecular flexibility index (Phi) is 4.90. The molecule has 1 aromatic rings. The van der Waals surface area contributed by atoms with Crippen molar-refractivity contribution in [1.82, 2.24) is 10.2 Å². The van der Waals surface area contributed by atoms with Gasteiger partial charge in [0.2, 0.25) is 0 Å². The molecule has 0 radical (unpaired) electrons. The summed E-state index contributed by atoms with van der Waals surface area (Å²) in [7, 11) is 3.38. The molecule has 0 aliphatic rings. The Hall–Kier alpha value is -1.62. The van der Waals surface area contributed by atoms with E-state index in [1.165, 1.54) is 4.90 Å². The van der Waals surface area contributed by atoms with Crippen molar-refractivity contribution >= 4 is 29.0 Å². The molecular weight excluding hydrogens is 240 g/mol. The van der Waals surface area contributed by atoms with Gasteiger partial charge in [0.25, 0.3) is 0 Å². The van der Waals surface area contributed by atoms with Crippen LogP contribution in [0.15, 0.2) is 18.2 Å². The van der Waals surface area contributed by atoms with Gasteiger partial charge in [-0.2, -0.15) is 0 Å². The van der Waals surface area contributed by atoms with Gasteiger partial charge in [-0.05, 0) is 12.1 Å². The molecule has 0 aromatic heterocycles. The molecule has 1 rings (SSSR count). The third-order valence-electron chi connectivity index (χ3n) is 2.16. The first-order chi connectivity index (χ1) is 8.02. The number of hydrogen-bond acceptors (Lipinski definition) is 3. The van der Waals surface area contributed by atoms with Gasteiger partial charge in [0.05, 0.1) is 16.4 Å². The van der Waals surface area contributed by atoms with Crippen molar-refractivity contribution in [1.29, 1.82) is 0 Å². The highest BCUT2D eigenvalue weighted by Gasteiger charge is 2.04. The van der Waals surface area contributed by atoms with Gasteiger partial charge in [-0.15, -0.1) is 0 Å².